The summed E-state index contributed by atoms with van der Waals surface area (Å²) in [5, 5.41) is 37.7. The molecule has 0 aliphatic rings. The van der Waals surface area contributed by atoms with E-state index in [1.54, 1.807) is 24.3 Å². The summed E-state index contributed by atoms with van der Waals surface area (Å²) in [5.74, 6) is 1.21. The smallest absolute Gasteiger partial charge is 0.214 e. The van der Waals surface area contributed by atoms with Gasteiger partial charge < -0.3 is 44.0 Å². The number of nitrogens with one attached hydrogen (secondary N) is 2. The number of benzene rings is 2. The highest BCUT2D eigenvalue weighted by Gasteiger charge is 2.21. The average molecular weight is 491 g/mol. The Kier molecular flexibility index (Phi) is 8.21. The number of phenolic OH excluding ortho intramolecular Hbond substituents is 2. The Bertz CT molecular complexity index is 1150. The molecule has 0 fully saturated rings. The molecule has 10 nitrogen and oxygen atoms in total. The summed E-state index contributed by atoms with van der Waals surface area (Å²) >= 11 is 0. The van der Waals surface area contributed by atoms with Crippen molar-refractivity contribution in [1.82, 2.24) is 5.32 Å². The number of aliphatic hydroxyl groups is 1. The first kappa shape index (κ1) is 26.3. The number of anilines is 1. The van der Waals surface area contributed by atoms with Crippen LogP contribution in [0.25, 0.3) is 11.0 Å². The molecule has 1 unspecified atom stereocenters. The van der Waals surface area contributed by atoms with Crippen LogP contribution in [-0.2, 0) is 11.2 Å². The van der Waals surface area contributed by atoms with Crippen molar-refractivity contribution in [3.8, 4) is 28.7 Å². The highest BCUT2D eigenvalue weighted by molar-refractivity contribution is 5.92. The predicted octanol–water partition coefficient (Wildman–Crippen LogP) is 3.55. The number of methoxy groups -OCH3 is 3. The quantitative estimate of drug-likeness (QED) is 0.201. The third-order valence-electron chi connectivity index (χ3n) is 5.21. The molecule has 0 saturated carbocycles. The molecule has 0 saturated heterocycles. The molecule has 35 heavy (non-hydrogen) atoms. The zero-order valence-electron chi connectivity index (χ0n) is 20.9. The van der Waals surface area contributed by atoms with Crippen molar-refractivity contribution in [2.75, 3.05) is 39.7 Å². The van der Waals surface area contributed by atoms with Crippen LogP contribution < -0.4 is 24.8 Å². The van der Waals surface area contributed by atoms with Crippen molar-refractivity contribution in [2.24, 2.45) is 0 Å². The fourth-order valence-electron chi connectivity index (χ4n) is 3.72. The first-order valence-electron chi connectivity index (χ1n) is 11.2. The van der Waals surface area contributed by atoms with Gasteiger partial charge in [-0.05, 0) is 50.6 Å². The predicted molar refractivity (Wildman–Crippen MR) is 132 cm³/mol. The van der Waals surface area contributed by atoms with Crippen LogP contribution in [0.5, 0.6) is 28.7 Å². The van der Waals surface area contributed by atoms with Crippen molar-refractivity contribution in [3.63, 3.8) is 0 Å². The van der Waals surface area contributed by atoms with E-state index in [1.807, 2.05) is 20.8 Å². The monoisotopic (exact) mass is 490 g/mol. The van der Waals surface area contributed by atoms with Gasteiger partial charge in [-0.2, -0.15) is 0 Å². The Hall–Kier alpha value is -3.34. The van der Waals surface area contributed by atoms with Crippen molar-refractivity contribution in [1.29, 1.82) is 0 Å². The summed E-state index contributed by atoms with van der Waals surface area (Å²) in [4.78, 5) is 0. The van der Waals surface area contributed by atoms with Crippen LogP contribution in [0.15, 0.2) is 28.7 Å². The molecule has 1 aromatic heterocycles. The Morgan fingerprint density at radius 1 is 0.971 bits per heavy atom. The lowest BCUT2D eigenvalue weighted by Gasteiger charge is -2.24. The lowest BCUT2D eigenvalue weighted by Crippen LogP contribution is -2.40. The molecule has 0 amide bonds. The van der Waals surface area contributed by atoms with Crippen LogP contribution in [0.1, 0.15) is 31.9 Å². The van der Waals surface area contributed by atoms with Crippen LogP contribution >= 0.6 is 0 Å². The Balaban J connectivity index is 1.89. The number of aliphatic hydroxyl groups excluding tert-OH is 1. The summed E-state index contributed by atoms with van der Waals surface area (Å²) in [7, 11) is 4.42. The number of aromatic hydroxyl groups is 2. The van der Waals surface area contributed by atoms with Gasteiger partial charge in [0.15, 0.2) is 28.7 Å². The highest BCUT2D eigenvalue weighted by Crippen LogP contribution is 2.43. The van der Waals surface area contributed by atoms with E-state index in [9.17, 15) is 15.3 Å². The third kappa shape index (κ3) is 6.21. The maximum atomic E-state index is 10.6. The first-order valence-corrected chi connectivity index (χ1v) is 11.2. The van der Waals surface area contributed by atoms with E-state index in [4.69, 9.17) is 23.4 Å². The molecule has 0 spiro atoms. The van der Waals surface area contributed by atoms with E-state index in [2.05, 4.69) is 10.6 Å². The van der Waals surface area contributed by atoms with Gasteiger partial charge in [-0.25, -0.2) is 0 Å². The average Bonchev–Trinajstić information content (AvgIpc) is 3.13. The zero-order valence-corrected chi connectivity index (χ0v) is 20.9. The molecule has 2 aromatic carbocycles. The second-order valence-electron chi connectivity index (χ2n) is 8.89. The number of furan rings is 1. The van der Waals surface area contributed by atoms with Gasteiger partial charge in [0.25, 0.3) is 0 Å². The molecular weight excluding hydrogens is 456 g/mol. The number of hydrogen-bond acceptors (Lipinski definition) is 10. The first-order chi connectivity index (χ1) is 16.6. The van der Waals surface area contributed by atoms with Gasteiger partial charge in [0.2, 0.25) is 17.9 Å². The second-order valence-corrected chi connectivity index (χ2v) is 8.89. The van der Waals surface area contributed by atoms with Gasteiger partial charge >= 0.3 is 0 Å². The largest absolute Gasteiger partial charge is 0.504 e. The fourth-order valence-corrected chi connectivity index (χ4v) is 3.72. The molecule has 3 rings (SSSR count). The van der Waals surface area contributed by atoms with Gasteiger partial charge in [0.1, 0.15) is 0 Å². The number of phenols is 2. The van der Waals surface area contributed by atoms with E-state index in [0.717, 1.165) is 11.1 Å². The van der Waals surface area contributed by atoms with Crippen molar-refractivity contribution in [3.05, 3.63) is 35.4 Å². The van der Waals surface area contributed by atoms with E-state index in [-0.39, 0.29) is 28.6 Å². The normalized spacial score (nSPS) is 12.5. The topological polar surface area (TPSA) is 135 Å². The van der Waals surface area contributed by atoms with Crippen LogP contribution in [0.2, 0.25) is 0 Å². The van der Waals surface area contributed by atoms with E-state index in [1.165, 1.54) is 21.3 Å². The van der Waals surface area contributed by atoms with Gasteiger partial charge in [-0.3, -0.25) is 5.32 Å². The third-order valence-corrected chi connectivity index (χ3v) is 5.21. The minimum Gasteiger partial charge on any atom is -0.504 e. The summed E-state index contributed by atoms with van der Waals surface area (Å²) in [6, 6.07) is 6.83. The van der Waals surface area contributed by atoms with Gasteiger partial charge in [0, 0.05) is 30.5 Å². The second kappa shape index (κ2) is 10.9. The molecule has 10 heteroatoms. The lowest BCUT2D eigenvalue weighted by molar-refractivity contribution is -0.180. The standard InChI is InChI=1S/C25H34N2O8/c1-25(2,3)35-24(30)27-10-9-26-23-16(15-7-8-18(31-4)20(29)21(15)34-23)11-14-12-17(28)22(33-6)19(13-14)32-5/h7-8,12-13,24,26-30H,9-11H2,1-6H3. The number of hydrogen-bond donors (Lipinski definition) is 5. The van der Waals surface area contributed by atoms with Gasteiger partial charge in [0.05, 0.1) is 26.9 Å². The maximum Gasteiger partial charge on any atom is 0.214 e. The molecule has 0 bridgehead atoms. The van der Waals surface area contributed by atoms with Crippen LogP contribution in [0, 0.1) is 0 Å². The lowest BCUT2D eigenvalue weighted by atomic mass is 10.0. The Labute approximate surface area is 204 Å². The Morgan fingerprint density at radius 2 is 1.69 bits per heavy atom. The summed E-state index contributed by atoms with van der Waals surface area (Å²) in [6.45, 7) is 6.32. The Morgan fingerprint density at radius 3 is 2.31 bits per heavy atom. The van der Waals surface area contributed by atoms with Gasteiger partial charge in [-0.1, -0.05) is 0 Å². The van der Waals surface area contributed by atoms with E-state index >= 15 is 0 Å². The number of fused-ring (bicyclic) bond motifs is 1. The van der Waals surface area contributed by atoms with Crippen molar-refractivity contribution in [2.45, 2.75) is 39.2 Å². The number of ether oxygens (including phenoxy) is 4. The summed E-state index contributed by atoms with van der Waals surface area (Å²) in [5.41, 5.74) is 1.29. The van der Waals surface area contributed by atoms with Crippen molar-refractivity contribution >= 4 is 16.9 Å². The van der Waals surface area contributed by atoms with Crippen LogP contribution in [0.4, 0.5) is 5.88 Å². The molecule has 0 radical (unpaired) electrons. The molecule has 0 aliphatic carbocycles. The van der Waals surface area contributed by atoms with Crippen molar-refractivity contribution < 1.29 is 38.7 Å². The molecule has 1 atom stereocenters. The zero-order chi connectivity index (χ0) is 25.8. The molecule has 3 aromatic rings. The van der Waals surface area contributed by atoms with Crippen LogP contribution in [-0.4, -0.2) is 61.8 Å². The van der Waals surface area contributed by atoms with E-state index in [0.29, 0.717) is 36.5 Å². The molecular formula is C25H34N2O8. The van der Waals surface area contributed by atoms with Gasteiger partial charge in [-0.15, -0.1) is 0 Å². The highest BCUT2D eigenvalue weighted by atomic mass is 16.6. The van der Waals surface area contributed by atoms with E-state index < -0.39 is 12.0 Å². The molecule has 192 valence electrons. The molecule has 5 N–H and O–H groups in total. The summed E-state index contributed by atoms with van der Waals surface area (Å²) < 4.78 is 27.2. The SMILES string of the molecule is COc1cc(Cc2c(NCCNC(O)OC(C)(C)C)oc3c(O)c(OC)ccc23)cc(O)c1OC. The minimum atomic E-state index is -1.12. The summed E-state index contributed by atoms with van der Waals surface area (Å²) in [6.07, 6.45) is -0.756. The fraction of sp³-hybridized carbons (Fsp3) is 0.440. The molecule has 0 aliphatic heterocycles. The number of rotatable bonds is 11. The maximum absolute atomic E-state index is 10.6. The van der Waals surface area contributed by atoms with Crippen LogP contribution in [0.3, 0.4) is 0 Å². The molecule has 1 heterocycles. The minimum absolute atomic E-state index is 0.0503.